The Morgan fingerprint density at radius 1 is 1.45 bits per heavy atom. The van der Waals surface area contributed by atoms with Gasteiger partial charge in [-0.25, -0.2) is 4.98 Å². The molecule has 2 aromatic rings. The number of benzene rings is 1. The maximum atomic E-state index is 11.8. The molecule has 0 radical (unpaired) electrons. The molecule has 1 heterocycles. The van der Waals surface area contributed by atoms with Crippen LogP contribution in [0, 0.1) is 0 Å². The van der Waals surface area contributed by atoms with Crippen LogP contribution < -0.4 is 10.2 Å². The van der Waals surface area contributed by atoms with Gasteiger partial charge in [-0.2, -0.15) is 0 Å². The zero-order chi connectivity index (χ0) is 14.5. The summed E-state index contributed by atoms with van der Waals surface area (Å²) in [6.07, 6.45) is 0.970. The summed E-state index contributed by atoms with van der Waals surface area (Å²) >= 11 is 1.71. The van der Waals surface area contributed by atoms with E-state index in [9.17, 15) is 4.79 Å². The van der Waals surface area contributed by atoms with Gasteiger partial charge >= 0.3 is 0 Å². The van der Waals surface area contributed by atoms with Gasteiger partial charge < -0.3 is 10.2 Å². The summed E-state index contributed by atoms with van der Waals surface area (Å²) in [4.78, 5) is 17.6. The van der Waals surface area contributed by atoms with Crippen molar-refractivity contribution < 1.29 is 9.69 Å². The lowest BCUT2D eigenvalue weighted by atomic mass is 10.3. The first-order valence-corrected chi connectivity index (χ1v) is 7.88. The summed E-state index contributed by atoms with van der Waals surface area (Å²) in [5, 5.41) is 4.01. The van der Waals surface area contributed by atoms with E-state index in [1.54, 1.807) is 11.3 Å². The number of nitrogens with one attached hydrogen (secondary N) is 2. The van der Waals surface area contributed by atoms with Crippen LogP contribution in [0.4, 0.5) is 0 Å². The fraction of sp³-hybridized carbons (Fsp3) is 0.467. The van der Waals surface area contributed by atoms with Gasteiger partial charge in [-0.15, -0.1) is 11.3 Å². The Morgan fingerprint density at radius 2 is 2.20 bits per heavy atom. The third-order valence-electron chi connectivity index (χ3n) is 3.43. The summed E-state index contributed by atoms with van der Waals surface area (Å²) in [5.74, 6) is 0.109. The van der Waals surface area contributed by atoms with E-state index in [-0.39, 0.29) is 11.9 Å². The van der Waals surface area contributed by atoms with Gasteiger partial charge in [0, 0.05) is 6.54 Å². The molecule has 0 saturated heterocycles. The van der Waals surface area contributed by atoms with Gasteiger partial charge in [0.2, 0.25) is 0 Å². The second kappa shape index (κ2) is 6.81. The number of rotatable bonds is 6. The molecular formula is C15H22N3OS+. The average molecular weight is 292 g/mol. The number of para-hydroxylation sites is 1. The first-order valence-electron chi connectivity index (χ1n) is 7.06. The number of aromatic nitrogens is 1. The number of carbonyl (C=O) groups excluding carboxylic acids is 1. The number of quaternary nitrogens is 1. The number of thiazole rings is 1. The molecule has 108 valence electrons. The molecule has 1 unspecified atom stereocenters. The Morgan fingerprint density at radius 3 is 2.90 bits per heavy atom. The molecule has 2 N–H and O–H groups in total. The quantitative estimate of drug-likeness (QED) is 0.845. The molecule has 2 atom stereocenters. The number of hydrogen-bond donors (Lipinski definition) is 2. The first kappa shape index (κ1) is 14.9. The fourth-order valence-electron chi connectivity index (χ4n) is 2.02. The van der Waals surface area contributed by atoms with Crippen molar-refractivity contribution >= 4 is 27.5 Å². The second-order valence-corrected chi connectivity index (χ2v) is 6.18. The van der Waals surface area contributed by atoms with E-state index in [1.165, 1.54) is 4.70 Å². The Labute approximate surface area is 123 Å². The monoisotopic (exact) mass is 292 g/mol. The smallest absolute Gasteiger partial charge is 0.275 e. The molecule has 0 saturated carbocycles. The third kappa shape index (κ3) is 3.55. The van der Waals surface area contributed by atoms with Gasteiger partial charge in [0.1, 0.15) is 6.04 Å². The van der Waals surface area contributed by atoms with E-state index in [1.807, 2.05) is 25.2 Å². The van der Waals surface area contributed by atoms with E-state index in [0.29, 0.717) is 6.54 Å². The van der Waals surface area contributed by atoms with Crippen LogP contribution in [0.2, 0.25) is 0 Å². The normalized spacial score (nSPS) is 14.2. The van der Waals surface area contributed by atoms with Crippen molar-refractivity contribution in [2.45, 2.75) is 26.3 Å². The van der Waals surface area contributed by atoms with Crippen molar-refractivity contribution in [1.82, 2.24) is 10.3 Å². The molecule has 4 nitrogen and oxygen atoms in total. The highest BCUT2D eigenvalue weighted by molar-refractivity contribution is 7.18. The third-order valence-corrected chi connectivity index (χ3v) is 4.65. The first-order chi connectivity index (χ1) is 9.61. The number of amides is 1. The summed E-state index contributed by atoms with van der Waals surface area (Å²) in [7, 11) is 2.04. The number of likely N-dealkylation sites (N-methyl/N-ethyl adjacent to an activating group) is 1. The molecule has 0 fully saturated rings. The standard InChI is InChI=1S/C15H21N3OS/c1-4-9-16-14(19)10-18(3)11(2)15-17-12-7-5-6-8-13(12)20-15/h5-8,11H,4,9-10H2,1-3H3,(H,16,19)/p+1/t11-/m0/s1. The van der Waals surface area contributed by atoms with Crippen LogP contribution in [0.3, 0.4) is 0 Å². The van der Waals surface area contributed by atoms with Crippen molar-refractivity contribution in [1.29, 1.82) is 0 Å². The van der Waals surface area contributed by atoms with Gasteiger partial charge in [-0.3, -0.25) is 4.79 Å². The van der Waals surface area contributed by atoms with Crippen molar-refractivity contribution in [3.63, 3.8) is 0 Å². The minimum absolute atomic E-state index is 0.109. The summed E-state index contributed by atoms with van der Waals surface area (Å²) in [6, 6.07) is 8.38. The molecule has 0 aliphatic heterocycles. The van der Waals surface area contributed by atoms with Crippen molar-refractivity contribution in [3.05, 3.63) is 29.3 Å². The molecular weight excluding hydrogens is 270 g/mol. The highest BCUT2D eigenvalue weighted by Gasteiger charge is 2.21. The molecule has 1 aromatic carbocycles. The molecule has 0 aliphatic rings. The summed E-state index contributed by atoms with van der Waals surface area (Å²) in [5.41, 5.74) is 1.04. The van der Waals surface area contributed by atoms with Crippen LogP contribution in [-0.4, -0.2) is 31.0 Å². The molecule has 0 spiro atoms. The van der Waals surface area contributed by atoms with E-state index >= 15 is 0 Å². The van der Waals surface area contributed by atoms with Gasteiger partial charge in [-0.1, -0.05) is 19.1 Å². The highest BCUT2D eigenvalue weighted by atomic mass is 32.1. The molecule has 2 rings (SSSR count). The topological polar surface area (TPSA) is 46.4 Å². The van der Waals surface area contributed by atoms with Crippen molar-refractivity contribution in [2.75, 3.05) is 20.1 Å². The van der Waals surface area contributed by atoms with Gasteiger partial charge in [-0.05, 0) is 25.5 Å². The van der Waals surface area contributed by atoms with Crippen LogP contribution in [0.25, 0.3) is 10.2 Å². The Kier molecular flexibility index (Phi) is 5.09. The van der Waals surface area contributed by atoms with E-state index < -0.39 is 0 Å². The SMILES string of the molecule is CCCNC(=O)C[NH+](C)[C@@H](C)c1nc2ccccc2s1. The zero-order valence-electron chi connectivity index (χ0n) is 12.3. The van der Waals surface area contributed by atoms with Gasteiger partial charge in [0.15, 0.2) is 11.6 Å². The maximum Gasteiger partial charge on any atom is 0.275 e. The molecule has 5 heteroatoms. The number of carbonyl (C=O) groups is 1. The van der Waals surface area contributed by atoms with E-state index in [4.69, 9.17) is 0 Å². The average Bonchev–Trinajstić information content (AvgIpc) is 2.87. The number of nitrogens with zero attached hydrogens (tertiary/aromatic N) is 1. The molecule has 0 aliphatic carbocycles. The van der Waals surface area contributed by atoms with Gasteiger partial charge in [0.25, 0.3) is 5.91 Å². The van der Waals surface area contributed by atoms with Crippen LogP contribution in [0.5, 0.6) is 0 Å². The zero-order valence-corrected chi connectivity index (χ0v) is 13.1. The lowest BCUT2D eigenvalue weighted by Crippen LogP contribution is -3.10. The predicted molar refractivity (Wildman–Crippen MR) is 83.1 cm³/mol. The molecule has 20 heavy (non-hydrogen) atoms. The van der Waals surface area contributed by atoms with Crippen LogP contribution in [-0.2, 0) is 4.79 Å². The van der Waals surface area contributed by atoms with Crippen LogP contribution >= 0.6 is 11.3 Å². The lowest BCUT2D eigenvalue weighted by molar-refractivity contribution is -0.902. The number of hydrogen-bond acceptors (Lipinski definition) is 3. The van der Waals surface area contributed by atoms with Crippen molar-refractivity contribution in [2.24, 2.45) is 0 Å². The van der Waals surface area contributed by atoms with E-state index in [2.05, 4.69) is 30.2 Å². The van der Waals surface area contributed by atoms with Crippen LogP contribution in [0.15, 0.2) is 24.3 Å². The Bertz CT molecular complexity index is 548. The summed E-state index contributed by atoms with van der Waals surface area (Å²) in [6.45, 7) is 5.42. The fourth-order valence-corrected chi connectivity index (χ4v) is 3.13. The minimum Gasteiger partial charge on any atom is -0.351 e. The number of fused-ring (bicyclic) bond motifs is 1. The largest absolute Gasteiger partial charge is 0.351 e. The maximum absolute atomic E-state index is 11.8. The summed E-state index contributed by atoms with van der Waals surface area (Å²) < 4.78 is 1.21. The van der Waals surface area contributed by atoms with Gasteiger partial charge in [0.05, 0.1) is 17.3 Å². The predicted octanol–water partition coefficient (Wildman–Crippen LogP) is 1.40. The van der Waals surface area contributed by atoms with E-state index in [0.717, 1.165) is 28.4 Å². The Hall–Kier alpha value is -1.46. The molecule has 1 aromatic heterocycles. The second-order valence-electron chi connectivity index (χ2n) is 5.11. The molecule has 1 amide bonds. The van der Waals surface area contributed by atoms with Crippen molar-refractivity contribution in [3.8, 4) is 0 Å². The van der Waals surface area contributed by atoms with Crippen LogP contribution in [0.1, 0.15) is 31.3 Å². The lowest BCUT2D eigenvalue weighted by Gasteiger charge is -2.19. The molecule has 0 bridgehead atoms. The minimum atomic E-state index is 0.109. The Balaban J connectivity index is 2.02. The highest BCUT2D eigenvalue weighted by Crippen LogP contribution is 2.24.